The van der Waals surface area contributed by atoms with Crippen LogP contribution in [0, 0.1) is 0 Å². The number of hydrogen-bond donors (Lipinski definition) is 1. The van der Waals surface area contributed by atoms with Crippen molar-refractivity contribution in [2.75, 3.05) is 13.2 Å². The minimum Gasteiger partial charge on any atom is -0.462 e. The highest BCUT2D eigenvalue weighted by atomic mass is 16.6. The van der Waals surface area contributed by atoms with Crippen LogP contribution in [0.1, 0.15) is 90.9 Å². The van der Waals surface area contributed by atoms with Gasteiger partial charge in [-0.3, -0.25) is 9.59 Å². The van der Waals surface area contributed by atoms with Gasteiger partial charge in [0.2, 0.25) is 0 Å². The third-order valence-corrected chi connectivity index (χ3v) is 4.69. The molecule has 1 N–H and O–H groups in total. The molecule has 0 amide bonds. The van der Waals surface area contributed by atoms with Gasteiger partial charge >= 0.3 is 11.9 Å². The first-order valence-electron chi connectivity index (χ1n) is 12.1. The molecular formula is C27H44O5. The van der Waals surface area contributed by atoms with Crippen LogP contribution >= 0.6 is 0 Å². The van der Waals surface area contributed by atoms with Crippen molar-refractivity contribution in [2.45, 2.75) is 97.0 Å². The van der Waals surface area contributed by atoms with Crippen LogP contribution in [0.15, 0.2) is 48.6 Å². The first-order chi connectivity index (χ1) is 15.6. The minimum atomic E-state index is -0.773. The molecule has 0 rings (SSSR count). The fourth-order valence-electron chi connectivity index (χ4n) is 2.92. The minimum absolute atomic E-state index is 0.100. The van der Waals surface area contributed by atoms with Gasteiger partial charge in [0.05, 0.1) is 6.61 Å². The van der Waals surface area contributed by atoms with Crippen molar-refractivity contribution in [3.05, 3.63) is 48.6 Å². The summed E-state index contributed by atoms with van der Waals surface area (Å²) in [5.74, 6) is -0.808. The lowest BCUT2D eigenvalue weighted by molar-refractivity contribution is -0.160. The monoisotopic (exact) mass is 448 g/mol. The Morgan fingerprint density at radius 2 is 1.31 bits per heavy atom. The Balaban J connectivity index is 3.51. The van der Waals surface area contributed by atoms with Gasteiger partial charge in [-0.1, -0.05) is 81.2 Å². The fraction of sp³-hybridized carbons (Fsp3) is 0.630. The predicted molar refractivity (Wildman–Crippen MR) is 131 cm³/mol. The van der Waals surface area contributed by atoms with Crippen LogP contribution in [0.3, 0.4) is 0 Å². The topological polar surface area (TPSA) is 72.8 Å². The summed E-state index contributed by atoms with van der Waals surface area (Å²) in [6.45, 7) is 2.98. The highest BCUT2D eigenvalue weighted by molar-refractivity contribution is 5.69. The van der Waals surface area contributed by atoms with E-state index in [0.717, 1.165) is 51.4 Å². The van der Waals surface area contributed by atoms with E-state index in [1.165, 1.54) is 26.2 Å². The van der Waals surface area contributed by atoms with Crippen LogP contribution in [0.2, 0.25) is 0 Å². The van der Waals surface area contributed by atoms with Crippen molar-refractivity contribution >= 4 is 11.9 Å². The molecule has 32 heavy (non-hydrogen) atoms. The molecule has 0 spiro atoms. The van der Waals surface area contributed by atoms with E-state index in [1.54, 1.807) is 0 Å². The van der Waals surface area contributed by atoms with Crippen molar-refractivity contribution in [1.82, 2.24) is 0 Å². The maximum atomic E-state index is 11.7. The molecule has 0 aliphatic rings. The molecule has 1 atom stereocenters. The van der Waals surface area contributed by atoms with Crippen molar-refractivity contribution in [3.8, 4) is 0 Å². The molecule has 5 heteroatoms. The van der Waals surface area contributed by atoms with Crippen LogP contribution in [0.4, 0.5) is 0 Å². The van der Waals surface area contributed by atoms with E-state index in [2.05, 4.69) is 55.5 Å². The van der Waals surface area contributed by atoms with Gasteiger partial charge < -0.3 is 14.6 Å². The van der Waals surface area contributed by atoms with E-state index in [4.69, 9.17) is 14.6 Å². The molecule has 0 fully saturated rings. The smallest absolute Gasteiger partial charge is 0.306 e. The van der Waals surface area contributed by atoms with Gasteiger partial charge in [-0.2, -0.15) is 0 Å². The number of rotatable bonds is 20. The predicted octanol–water partition coefficient (Wildman–Crippen LogP) is 6.38. The lowest BCUT2D eigenvalue weighted by atomic mass is 10.1. The number of hydrogen-bond acceptors (Lipinski definition) is 5. The van der Waals surface area contributed by atoms with Crippen molar-refractivity contribution in [1.29, 1.82) is 0 Å². The Bertz CT molecular complexity index is 575. The van der Waals surface area contributed by atoms with Gasteiger partial charge in [0.1, 0.15) is 6.61 Å². The van der Waals surface area contributed by atoms with E-state index in [-0.39, 0.29) is 19.2 Å². The van der Waals surface area contributed by atoms with Crippen LogP contribution in [-0.4, -0.2) is 36.4 Å². The summed E-state index contributed by atoms with van der Waals surface area (Å²) in [6, 6.07) is 0. The summed E-state index contributed by atoms with van der Waals surface area (Å²) in [5.41, 5.74) is 0. The highest BCUT2D eigenvalue weighted by Gasteiger charge is 2.14. The second-order valence-electron chi connectivity index (χ2n) is 7.76. The molecule has 0 saturated carbocycles. The summed E-state index contributed by atoms with van der Waals surface area (Å²) >= 11 is 0. The lowest BCUT2D eigenvalue weighted by Gasteiger charge is -2.15. The van der Waals surface area contributed by atoms with Gasteiger partial charge in [-0.05, 0) is 44.9 Å². The van der Waals surface area contributed by atoms with E-state index in [9.17, 15) is 9.59 Å². The largest absolute Gasteiger partial charge is 0.462 e. The number of carbonyl (C=O) groups is 2. The Morgan fingerprint density at radius 3 is 1.88 bits per heavy atom. The quantitative estimate of drug-likeness (QED) is 0.133. The Kier molecular flexibility index (Phi) is 21.9. The second kappa shape index (κ2) is 23.5. The third kappa shape index (κ3) is 22.5. The summed E-state index contributed by atoms with van der Waals surface area (Å²) in [4.78, 5) is 22.5. The average molecular weight is 449 g/mol. The highest BCUT2D eigenvalue weighted by Crippen LogP contribution is 2.10. The summed E-state index contributed by atoms with van der Waals surface area (Å²) in [6.07, 6.45) is 29.0. The van der Waals surface area contributed by atoms with E-state index < -0.39 is 12.1 Å². The number of ether oxygens (including phenoxy) is 2. The summed E-state index contributed by atoms with van der Waals surface area (Å²) in [5, 5.41) is 9.14. The standard InChI is InChI=1S/C27H44O5/c1-3-4-5-6-7-8-9-10-11-12-13-14-15-16-17-18-19-20-21-22-27(30)32-26(23-28)24-31-25(2)29/h4-5,7-8,10-11,13-14,26,28H,3,6,9,12,15-24H2,1-2H3/b5-4-,8-7-,11-10-,14-13-. The van der Waals surface area contributed by atoms with Crippen LogP contribution in [-0.2, 0) is 19.1 Å². The number of unbranched alkanes of at least 4 members (excludes halogenated alkanes) is 6. The fourth-order valence-corrected chi connectivity index (χ4v) is 2.92. The molecular weight excluding hydrogens is 404 g/mol. The van der Waals surface area contributed by atoms with Crippen LogP contribution < -0.4 is 0 Å². The molecule has 1 unspecified atom stereocenters. The zero-order chi connectivity index (χ0) is 23.7. The number of aliphatic hydroxyl groups excluding tert-OH is 1. The molecule has 0 aliphatic carbocycles. The Hall–Kier alpha value is -2.14. The van der Waals surface area contributed by atoms with Crippen LogP contribution in [0.25, 0.3) is 0 Å². The zero-order valence-corrected chi connectivity index (χ0v) is 20.2. The molecule has 0 saturated heterocycles. The SMILES string of the molecule is CC/C=C\C/C=C\C/C=C\C/C=C\CCCCCCCCC(=O)OC(CO)COC(C)=O. The molecule has 0 aromatic heterocycles. The van der Waals surface area contributed by atoms with E-state index in [0.29, 0.717) is 6.42 Å². The van der Waals surface area contributed by atoms with Crippen molar-refractivity contribution in [3.63, 3.8) is 0 Å². The van der Waals surface area contributed by atoms with E-state index in [1.807, 2.05) is 0 Å². The maximum Gasteiger partial charge on any atom is 0.306 e. The Morgan fingerprint density at radius 1 is 0.781 bits per heavy atom. The lowest BCUT2D eigenvalue weighted by Crippen LogP contribution is -2.28. The summed E-state index contributed by atoms with van der Waals surface area (Å²) < 4.78 is 9.86. The first-order valence-corrected chi connectivity index (χ1v) is 12.1. The first kappa shape index (κ1) is 29.9. The number of carbonyl (C=O) groups excluding carboxylic acids is 2. The molecule has 0 aromatic carbocycles. The van der Waals surface area contributed by atoms with Gasteiger partial charge in [0.25, 0.3) is 0 Å². The number of esters is 2. The third-order valence-electron chi connectivity index (χ3n) is 4.69. The van der Waals surface area contributed by atoms with Gasteiger partial charge in [0.15, 0.2) is 6.10 Å². The molecule has 0 bridgehead atoms. The average Bonchev–Trinajstić information content (AvgIpc) is 2.78. The van der Waals surface area contributed by atoms with Crippen molar-refractivity contribution in [2.24, 2.45) is 0 Å². The second-order valence-corrected chi connectivity index (χ2v) is 7.76. The molecule has 0 heterocycles. The zero-order valence-electron chi connectivity index (χ0n) is 20.2. The molecule has 5 nitrogen and oxygen atoms in total. The molecule has 0 aromatic rings. The van der Waals surface area contributed by atoms with E-state index >= 15 is 0 Å². The van der Waals surface area contributed by atoms with Gasteiger partial charge in [-0.15, -0.1) is 0 Å². The molecule has 182 valence electrons. The molecule has 0 radical (unpaired) electrons. The molecule has 0 aliphatic heterocycles. The van der Waals surface area contributed by atoms with Crippen LogP contribution in [0.5, 0.6) is 0 Å². The number of aliphatic hydroxyl groups is 1. The number of allylic oxidation sites excluding steroid dienone is 8. The summed E-state index contributed by atoms with van der Waals surface area (Å²) in [7, 11) is 0. The normalized spacial score (nSPS) is 13.0. The van der Waals surface area contributed by atoms with Crippen molar-refractivity contribution < 1.29 is 24.2 Å². The Labute approximate surface area is 195 Å². The maximum absolute atomic E-state index is 11.7. The van der Waals surface area contributed by atoms with Gasteiger partial charge in [-0.25, -0.2) is 0 Å². The van der Waals surface area contributed by atoms with Gasteiger partial charge in [0, 0.05) is 13.3 Å².